The SMILES string of the molecule is COC(=O)CCCN(C)C(=O)NC1CCC(C(=O)O)C1. The van der Waals surface area contributed by atoms with Gasteiger partial charge in [-0.1, -0.05) is 0 Å². The molecule has 0 aromatic rings. The number of hydrogen-bond donors (Lipinski definition) is 2. The Bertz CT molecular complexity index is 372. The van der Waals surface area contributed by atoms with E-state index in [0.717, 1.165) is 0 Å². The number of aliphatic carboxylic acids is 1. The second-order valence-electron chi connectivity index (χ2n) is 5.10. The van der Waals surface area contributed by atoms with Gasteiger partial charge in [-0.3, -0.25) is 9.59 Å². The van der Waals surface area contributed by atoms with Crippen LogP contribution in [0.2, 0.25) is 0 Å². The van der Waals surface area contributed by atoms with Crippen molar-refractivity contribution in [3.8, 4) is 0 Å². The van der Waals surface area contributed by atoms with E-state index < -0.39 is 5.97 Å². The highest BCUT2D eigenvalue weighted by molar-refractivity contribution is 5.75. The van der Waals surface area contributed by atoms with Crippen molar-refractivity contribution in [2.24, 2.45) is 5.92 Å². The number of nitrogens with one attached hydrogen (secondary N) is 1. The zero-order chi connectivity index (χ0) is 15.1. The molecule has 0 bridgehead atoms. The zero-order valence-corrected chi connectivity index (χ0v) is 11.9. The van der Waals surface area contributed by atoms with E-state index in [-0.39, 0.29) is 30.4 Å². The van der Waals surface area contributed by atoms with Gasteiger partial charge in [-0.05, 0) is 25.7 Å². The number of ether oxygens (including phenoxy) is 1. The average molecular weight is 286 g/mol. The number of rotatable bonds is 6. The fourth-order valence-corrected chi connectivity index (χ4v) is 2.29. The van der Waals surface area contributed by atoms with Crippen molar-refractivity contribution in [3.05, 3.63) is 0 Å². The number of urea groups is 1. The van der Waals surface area contributed by atoms with E-state index in [1.807, 2.05) is 0 Å². The van der Waals surface area contributed by atoms with E-state index in [9.17, 15) is 14.4 Å². The Balaban J connectivity index is 2.25. The first-order valence-electron chi connectivity index (χ1n) is 6.75. The number of carboxylic acid groups (broad SMARTS) is 1. The van der Waals surface area contributed by atoms with Crippen LogP contribution >= 0.6 is 0 Å². The van der Waals surface area contributed by atoms with Gasteiger partial charge in [0.2, 0.25) is 0 Å². The van der Waals surface area contributed by atoms with Gasteiger partial charge >= 0.3 is 18.0 Å². The molecule has 1 aliphatic rings. The normalized spacial score (nSPS) is 21.3. The first-order valence-corrected chi connectivity index (χ1v) is 6.75. The maximum Gasteiger partial charge on any atom is 0.317 e. The Morgan fingerprint density at radius 2 is 2.05 bits per heavy atom. The molecule has 0 heterocycles. The van der Waals surface area contributed by atoms with Gasteiger partial charge in [-0.2, -0.15) is 0 Å². The highest BCUT2D eigenvalue weighted by atomic mass is 16.5. The predicted molar refractivity (Wildman–Crippen MR) is 71.2 cm³/mol. The molecule has 0 aliphatic heterocycles. The Kier molecular flexibility index (Phi) is 6.27. The summed E-state index contributed by atoms with van der Waals surface area (Å²) in [7, 11) is 2.98. The van der Waals surface area contributed by atoms with E-state index in [2.05, 4.69) is 10.1 Å². The van der Waals surface area contributed by atoms with Gasteiger partial charge in [0.15, 0.2) is 0 Å². The Morgan fingerprint density at radius 1 is 1.35 bits per heavy atom. The number of carboxylic acids is 1. The summed E-state index contributed by atoms with van der Waals surface area (Å²) in [5.74, 6) is -1.45. The minimum atomic E-state index is -0.798. The van der Waals surface area contributed by atoms with Crippen molar-refractivity contribution in [1.82, 2.24) is 10.2 Å². The third-order valence-corrected chi connectivity index (χ3v) is 3.56. The van der Waals surface area contributed by atoms with Crippen LogP contribution in [0, 0.1) is 5.92 Å². The number of methoxy groups -OCH3 is 1. The van der Waals surface area contributed by atoms with Crippen molar-refractivity contribution >= 4 is 18.0 Å². The minimum absolute atomic E-state index is 0.0772. The van der Waals surface area contributed by atoms with Crippen molar-refractivity contribution < 1.29 is 24.2 Å². The monoisotopic (exact) mass is 286 g/mol. The molecule has 7 nitrogen and oxygen atoms in total. The zero-order valence-electron chi connectivity index (χ0n) is 11.9. The van der Waals surface area contributed by atoms with Crippen LogP contribution in [0.1, 0.15) is 32.1 Å². The molecule has 0 saturated heterocycles. The standard InChI is InChI=1S/C13H22N2O5/c1-15(7-3-4-11(16)20-2)13(19)14-10-6-5-9(8-10)12(17)18/h9-10H,3-8H2,1-2H3,(H,14,19)(H,17,18). The van der Waals surface area contributed by atoms with Gasteiger partial charge in [0, 0.05) is 26.1 Å². The number of nitrogens with zero attached hydrogens (tertiary/aromatic N) is 1. The minimum Gasteiger partial charge on any atom is -0.481 e. The van der Waals surface area contributed by atoms with Crippen LogP contribution in [0.4, 0.5) is 4.79 Å². The lowest BCUT2D eigenvalue weighted by molar-refractivity contribution is -0.142. The van der Waals surface area contributed by atoms with Crippen LogP contribution in [-0.4, -0.2) is 54.7 Å². The van der Waals surface area contributed by atoms with Crippen LogP contribution in [0.15, 0.2) is 0 Å². The molecule has 2 N–H and O–H groups in total. The Morgan fingerprint density at radius 3 is 2.60 bits per heavy atom. The largest absolute Gasteiger partial charge is 0.481 e. The molecule has 2 unspecified atom stereocenters. The van der Waals surface area contributed by atoms with Crippen LogP contribution < -0.4 is 5.32 Å². The van der Waals surface area contributed by atoms with E-state index >= 15 is 0 Å². The summed E-state index contributed by atoms with van der Waals surface area (Å²) in [6, 6.07) is -0.308. The van der Waals surface area contributed by atoms with E-state index in [1.165, 1.54) is 12.0 Å². The molecule has 2 amide bonds. The summed E-state index contributed by atoms with van der Waals surface area (Å²) in [6.07, 6.45) is 2.60. The van der Waals surface area contributed by atoms with Gasteiger partial charge in [0.25, 0.3) is 0 Å². The van der Waals surface area contributed by atoms with Crippen LogP contribution in [0.5, 0.6) is 0 Å². The van der Waals surface area contributed by atoms with Crippen molar-refractivity contribution in [3.63, 3.8) is 0 Å². The summed E-state index contributed by atoms with van der Waals surface area (Å²) in [4.78, 5) is 35.1. The fourth-order valence-electron chi connectivity index (χ4n) is 2.29. The molecule has 20 heavy (non-hydrogen) atoms. The molecule has 0 aromatic heterocycles. The summed E-state index contributed by atoms with van der Waals surface area (Å²) >= 11 is 0. The molecule has 1 saturated carbocycles. The van der Waals surface area contributed by atoms with Crippen LogP contribution in [0.3, 0.4) is 0 Å². The van der Waals surface area contributed by atoms with Crippen molar-refractivity contribution in [2.75, 3.05) is 20.7 Å². The Labute approximate surface area is 118 Å². The molecule has 0 radical (unpaired) electrons. The molecule has 1 rings (SSSR count). The number of amides is 2. The molecule has 1 fully saturated rings. The van der Waals surface area contributed by atoms with Gasteiger partial charge in [-0.15, -0.1) is 0 Å². The second-order valence-corrected chi connectivity index (χ2v) is 5.10. The fraction of sp³-hybridized carbons (Fsp3) is 0.769. The Hall–Kier alpha value is -1.79. The smallest absolute Gasteiger partial charge is 0.317 e. The molecule has 2 atom stereocenters. The number of hydrogen-bond acceptors (Lipinski definition) is 4. The van der Waals surface area contributed by atoms with E-state index in [1.54, 1.807) is 7.05 Å². The lowest BCUT2D eigenvalue weighted by Gasteiger charge is -2.20. The maximum atomic E-state index is 11.9. The number of esters is 1. The highest BCUT2D eigenvalue weighted by Gasteiger charge is 2.30. The van der Waals surface area contributed by atoms with Gasteiger partial charge < -0.3 is 20.1 Å². The lowest BCUT2D eigenvalue weighted by Crippen LogP contribution is -2.42. The predicted octanol–water partition coefficient (Wildman–Crippen LogP) is 0.834. The van der Waals surface area contributed by atoms with Crippen molar-refractivity contribution in [2.45, 2.75) is 38.1 Å². The van der Waals surface area contributed by atoms with Crippen LogP contribution in [-0.2, 0) is 14.3 Å². The number of carbonyl (C=O) groups is 3. The van der Waals surface area contributed by atoms with Gasteiger partial charge in [0.1, 0.15) is 0 Å². The third-order valence-electron chi connectivity index (χ3n) is 3.56. The molecular formula is C13H22N2O5. The van der Waals surface area contributed by atoms with Crippen molar-refractivity contribution in [1.29, 1.82) is 0 Å². The summed E-state index contributed by atoms with van der Waals surface area (Å²) < 4.78 is 4.52. The third kappa shape index (κ3) is 5.07. The molecule has 114 valence electrons. The second kappa shape index (κ2) is 7.72. The lowest BCUT2D eigenvalue weighted by atomic mass is 10.1. The molecule has 1 aliphatic carbocycles. The molecule has 7 heteroatoms. The summed E-state index contributed by atoms with van der Waals surface area (Å²) in [5.41, 5.74) is 0. The molecule has 0 spiro atoms. The summed E-state index contributed by atoms with van der Waals surface area (Å²) in [6.45, 7) is 0.454. The van der Waals surface area contributed by atoms with Gasteiger partial charge in [-0.25, -0.2) is 4.79 Å². The van der Waals surface area contributed by atoms with E-state index in [0.29, 0.717) is 32.2 Å². The maximum absolute atomic E-state index is 11.9. The quantitative estimate of drug-likeness (QED) is 0.705. The first-order chi connectivity index (χ1) is 9.43. The topological polar surface area (TPSA) is 95.9 Å². The van der Waals surface area contributed by atoms with Crippen LogP contribution in [0.25, 0.3) is 0 Å². The average Bonchev–Trinajstić information content (AvgIpc) is 2.86. The highest BCUT2D eigenvalue weighted by Crippen LogP contribution is 2.25. The van der Waals surface area contributed by atoms with Gasteiger partial charge in [0.05, 0.1) is 13.0 Å². The first kappa shape index (κ1) is 16.3. The summed E-state index contributed by atoms with van der Waals surface area (Å²) in [5, 5.41) is 11.7. The molecular weight excluding hydrogens is 264 g/mol. The number of carbonyl (C=O) groups excluding carboxylic acids is 2. The van der Waals surface area contributed by atoms with E-state index in [4.69, 9.17) is 5.11 Å². The molecule has 0 aromatic carbocycles.